The van der Waals surface area contributed by atoms with E-state index >= 15 is 0 Å². The van der Waals surface area contributed by atoms with E-state index in [0.29, 0.717) is 5.75 Å². The maximum absolute atomic E-state index is 13.5. The van der Waals surface area contributed by atoms with Gasteiger partial charge in [0.2, 0.25) is 15.9 Å². The van der Waals surface area contributed by atoms with E-state index in [9.17, 15) is 13.2 Å². The lowest BCUT2D eigenvalue weighted by molar-refractivity contribution is -0.122. The Hall–Kier alpha value is -2.52. The summed E-state index contributed by atoms with van der Waals surface area (Å²) in [6.07, 6.45) is 2.00. The van der Waals surface area contributed by atoms with Crippen LogP contribution in [0.25, 0.3) is 0 Å². The molecule has 180 valence electrons. The van der Waals surface area contributed by atoms with E-state index in [1.165, 1.54) is 25.3 Å². The number of amides is 1. The third kappa shape index (κ3) is 6.54. The molecule has 1 amide bonds. The van der Waals surface area contributed by atoms with E-state index in [4.69, 9.17) is 16.3 Å². The predicted molar refractivity (Wildman–Crippen MR) is 137 cm³/mol. The lowest BCUT2D eigenvalue weighted by Gasteiger charge is -2.23. The topological polar surface area (TPSA) is 75.7 Å². The van der Waals surface area contributed by atoms with Crippen LogP contribution < -0.4 is 10.1 Å². The monoisotopic (exact) mass is 518 g/mol. The highest BCUT2D eigenvalue weighted by Crippen LogP contribution is 2.29. The standard InChI is InChI=1S/C25H27ClN2O4S2/c1-18(20-9-11-21(33-3)12-10-20)27-25(29)17-28(16-19-7-5-4-6-8-19)34(30,31)22-13-14-24(32-2)23(26)15-22/h4-15,18H,16-17H2,1-3H3,(H,27,29)/t18-/m1/s1. The zero-order valence-corrected chi connectivity index (χ0v) is 21.6. The molecule has 3 aromatic carbocycles. The van der Waals surface area contributed by atoms with Gasteiger partial charge in [-0.25, -0.2) is 8.42 Å². The van der Waals surface area contributed by atoms with Gasteiger partial charge in [0.15, 0.2) is 0 Å². The molecule has 1 atom stereocenters. The average molecular weight is 519 g/mol. The zero-order valence-electron chi connectivity index (χ0n) is 19.2. The molecule has 0 saturated carbocycles. The fourth-order valence-electron chi connectivity index (χ4n) is 3.39. The van der Waals surface area contributed by atoms with Crippen molar-refractivity contribution in [3.8, 4) is 5.75 Å². The van der Waals surface area contributed by atoms with Crippen molar-refractivity contribution in [1.29, 1.82) is 0 Å². The van der Waals surface area contributed by atoms with Crippen molar-refractivity contribution in [3.05, 3.63) is 88.9 Å². The summed E-state index contributed by atoms with van der Waals surface area (Å²) in [7, 11) is -2.57. The Balaban J connectivity index is 1.83. The Bertz CT molecular complexity index is 1220. The molecule has 0 fully saturated rings. The van der Waals surface area contributed by atoms with Crippen molar-refractivity contribution in [2.45, 2.75) is 29.3 Å². The molecular formula is C25H27ClN2O4S2. The van der Waals surface area contributed by atoms with Crippen LogP contribution in [-0.2, 0) is 21.4 Å². The fourth-order valence-corrected chi connectivity index (χ4v) is 5.53. The summed E-state index contributed by atoms with van der Waals surface area (Å²) in [4.78, 5) is 14.0. The first-order valence-electron chi connectivity index (χ1n) is 10.6. The highest BCUT2D eigenvalue weighted by atomic mass is 35.5. The van der Waals surface area contributed by atoms with E-state index < -0.39 is 15.9 Å². The Morgan fingerprint density at radius 3 is 2.35 bits per heavy atom. The van der Waals surface area contributed by atoms with E-state index in [0.717, 1.165) is 20.3 Å². The average Bonchev–Trinajstić information content (AvgIpc) is 2.84. The lowest BCUT2D eigenvalue weighted by Crippen LogP contribution is -2.41. The van der Waals surface area contributed by atoms with Crippen molar-refractivity contribution < 1.29 is 17.9 Å². The molecule has 0 saturated heterocycles. The van der Waals surface area contributed by atoms with Gasteiger partial charge in [-0.15, -0.1) is 11.8 Å². The number of benzene rings is 3. The van der Waals surface area contributed by atoms with E-state index in [2.05, 4.69) is 5.32 Å². The largest absolute Gasteiger partial charge is 0.495 e. The molecular weight excluding hydrogens is 492 g/mol. The van der Waals surface area contributed by atoms with Gasteiger partial charge in [-0.05, 0) is 54.6 Å². The number of nitrogens with zero attached hydrogens (tertiary/aromatic N) is 1. The molecule has 1 N–H and O–H groups in total. The van der Waals surface area contributed by atoms with Gasteiger partial charge in [0.1, 0.15) is 5.75 Å². The number of rotatable bonds is 10. The van der Waals surface area contributed by atoms with Crippen LogP contribution in [0.4, 0.5) is 0 Å². The molecule has 0 spiro atoms. The molecule has 0 unspecified atom stereocenters. The lowest BCUT2D eigenvalue weighted by atomic mass is 10.1. The van der Waals surface area contributed by atoms with Crippen LogP contribution in [0.2, 0.25) is 5.02 Å². The number of thioether (sulfide) groups is 1. The Labute approximate surface area is 210 Å². The summed E-state index contributed by atoms with van der Waals surface area (Å²) in [5.74, 6) is -0.0326. The Morgan fingerprint density at radius 2 is 1.76 bits per heavy atom. The molecule has 9 heteroatoms. The third-order valence-electron chi connectivity index (χ3n) is 5.28. The minimum Gasteiger partial charge on any atom is -0.495 e. The summed E-state index contributed by atoms with van der Waals surface area (Å²) >= 11 is 7.81. The summed E-state index contributed by atoms with van der Waals surface area (Å²) in [5.41, 5.74) is 1.70. The highest BCUT2D eigenvalue weighted by Gasteiger charge is 2.28. The second kappa shape index (κ2) is 11.8. The number of halogens is 1. The number of hydrogen-bond acceptors (Lipinski definition) is 5. The minimum atomic E-state index is -4.02. The van der Waals surface area contributed by atoms with Crippen LogP contribution in [0.1, 0.15) is 24.1 Å². The quantitative estimate of drug-likeness (QED) is 0.376. The van der Waals surface area contributed by atoms with Crippen LogP contribution in [0.3, 0.4) is 0 Å². The molecule has 0 bridgehead atoms. The van der Waals surface area contributed by atoms with E-state index in [-0.39, 0.29) is 29.0 Å². The third-order valence-corrected chi connectivity index (χ3v) is 8.10. The second-order valence-electron chi connectivity index (χ2n) is 7.62. The SMILES string of the molecule is COc1ccc(S(=O)(=O)N(CC(=O)N[C@H](C)c2ccc(SC)cc2)Cc2ccccc2)cc1Cl. The van der Waals surface area contributed by atoms with Gasteiger partial charge >= 0.3 is 0 Å². The van der Waals surface area contributed by atoms with Crippen molar-refractivity contribution >= 4 is 39.3 Å². The number of methoxy groups -OCH3 is 1. The van der Waals surface area contributed by atoms with Gasteiger partial charge in [-0.1, -0.05) is 54.1 Å². The van der Waals surface area contributed by atoms with E-state index in [1.54, 1.807) is 11.8 Å². The van der Waals surface area contributed by atoms with Crippen LogP contribution in [0, 0.1) is 0 Å². The molecule has 34 heavy (non-hydrogen) atoms. The molecule has 0 aromatic heterocycles. The fraction of sp³-hybridized carbons (Fsp3) is 0.240. The first-order valence-corrected chi connectivity index (χ1v) is 13.6. The van der Waals surface area contributed by atoms with Gasteiger partial charge < -0.3 is 10.1 Å². The number of sulfonamides is 1. The number of nitrogens with one attached hydrogen (secondary N) is 1. The zero-order chi connectivity index (χ0) is 24.7. The first kappa shape index (κ1) is 26.1. The molecule has 6 nitrogen and oxygen atoms in total. The Kier molecular flexibility index (Phi) is 9.02. The summed E-state index contributed by atoms with van der Waals surface area (Å²) in [6, 6.07) is 21.0. The molecule has 3 rings (SSSR count). The van der Waals surface area contributed by atoms with Crippen LogP contribution in [0.5, 0.6) is 5.75 Å². The molecule has 0 aliphatic rings. The van der Waals surface area contributed by atoms with Gasteiger partial charge in [0.25, 0.3) is 0 Å². The molecule has 0 aliphatic carbocycles. The highest BCUT2D eigenvalue weighted by molar-refractivity contribution is 7.98. The van der Waals surface area contributed by atoms with Gasteiger partial charge in [-0.3, -0.25) is 4.79 Å². The Morgan fingerprint density at radius 1 is 1.09 bits per heavy atom. The van der Waals surface area contributed by atoms with Gasteiger partial charge in [-0.2, -0.15) is 4.31 Å². The van der Waals surface area contributed by atoms with Crippen LogP contribution >= 0.6 is 23.4 Å². The number of ether oxygens (including phenoxy) is 1. The molecule has 0 radical (unpaired) electrons. The minimum absolute atomic E-state index is 0.0114. The maximum Gasteiger partial charge on any atom is 0.243 e. The van der Waals surface area contributed by atoms with Crippen molar-refractivity contribution in [2.75, 3.05) is 19.9 Å². The molecule has 3 aromatic rings. The summed E-state index contributed by atoms with van der Waals surface area (Å²) in [6.45, 7) is 1.57. The normalized spacial score (nSPS) is 12.4. The smallest absolute Gasteiger partial charge is 0.243 e. The molecule has 0 heterocycles. The number of carbonyl (C=O) groups is 1. The molecule has 0 aliphatic heterocycles. The van der Waals surface area contributed by atoms with E-state index in [1.807, 2.05) is 67.8 Å². The summed E-state index contributed by atoms with van der Waals surface area (Å²) in [5, 5.41) is 3.08. The van der Waals surface area contributed by atoms with Crippen molar-refractivity contribution in [2.24, 2.45) is 0 Å². The van der Waals surface area contributed by atoms with Crippen molar-refractivity contribution in [1.82, 2.24) is 9.62 Å². The first-order chi connectivity index (χ1) is 16.2. The predicted octanol–water partition coefficient (Wildman–Crippen LogP) is 5.14. The van der Waals surface area contributed by atoms with Crippen LogP contribution in [0.15, 0.2) is 82.6 Å². The summed E-state index contributed by atoms with van der Waals surface area (Å²) < 4.78 is 33.3. The van der Waals surface area contributed by atoms with Gasteiger partial charge in [0, 0.05) is 11.4 Å². The second-order valence-corrected chi connectivity index (χ2v) is 10.8. The van der Waals surface area contributed by atoms with Crippen molar-refractivity contribution in [3.63, 3.8) is 0 Å². The number of carbonyl (C=O) groups excluding carboxylic acids is 1. The van der Waals surface area contributed by atoms with Crippen LogP contribution in [-0.4, -0.2) is 38.5 Å². The number of hydrogen-bond donors (Lipinski definition) is 1. The maximum atomic E-state index is 13.5. The van der Waals surface area contributed by atoms with Gasteiger partial charge in [0.05, 0.1) is 29.6 Å².